The number of amides is 1. The number of aryl methyl sites for hydroxylation is 1. The minimum absolute atomic E-state index is 0.00175. The number of likely N-dealkylation sites (N-methyl/N-ethyl adjacent to an activating group) is 1. The first-order chi connectivity index (χ1) is 11.5. The molecule has 2 saturated heterocycles. The molecule has 0 radical (unpaired) electrons. The van der Waals surface area contributed by atoms with E-state index in [0.717, 1.165) is 44.6 Å². The number of aromatic nitrogens is 1. The fourth-order valence-corrected chi connectivity index (χ4v) is 4.34. The van der Waals surface area contributed by atoms with E-state index in [2.05, 4.69) is 16.8 Å². The molecule has 1 aromatic heterocycles. The number of nitrogens with zero attached hydrogens (tertiary/aromatic N) is 3. The number of thiazole rings is 1. The topological polar surface area (TPSA) is 54.9 Å². The van der Waals surface area contributed by atoms with Gasteiger partial charge in [-0.3, -0.25) is 9.69 Å². The largest absolute Gasteiger partial charge is 0.371 e. The highest BCUT2D eigenvalue weighted by Crippen LogP contribution is 2.36. The lowest BCUT2D eigenvalue weighted by molar-refractivity contribution is -0.135. The van der Waals surface area contributed by atoms with E-state index >= 15 is 0 Å². The van der Waals surface area contributed by atoms with Crippen LogP contribution in [0.4, 0.5) is 0 Å². The van der Waals surface area contributed by atoms with E-state index < -0.39 is 0 Å². The first-order valence-electron chi connectivity index (χ1n) is 8.54. The van der Waals surface area contributed by atoms with E-state index in [1.807, 2.05) is 5.51 Å². The van der Waals surface area contributed by atoms with Crippen LogP contribution >= 0.6 is 11.3 Å². The molecule has 0 bridgehead atoms. The van der Waals surface area contributed by atoms with Crippen LogP contribution in [-0.4, -0.2) is 72.8 Å². The minimum atomic E-state index is -0.108. The number of likely N-dealkylation sites (tertiary alicyclic amines) is 1. The summed E-state index contributed by atoms with van der Waals surface area (Å²) in [5.41, 5.74) is 2.94. The molecule has 134 valence electrons. The van der Waals surface area contributed by atoms with Gasteiger partial charge in [0.2, 0.25) is 5.91 Å². The van der Waals surface area contributed by atoms with E-state index in [0.29, 0.717) is 6.61 Å². The lowest BCUT2D eigenvalue weighted by Gasteiger charge is -2.39. The zero-order valence-electron chi connectivity index (χ0n) is 14.8. The average Bonchev–Trinajstić information content (AvgIpc) is 3.12. The molecule has 2 fully saturated rings. The van der Waals surface area contributed by atoms with Crippen molar-refractivity contribution in [2.45, 2.75) is 44.4 Å². The number of hydrogen-bond donors (Lipinski definition) is 0. The van der Waals surface area contributed by atoms with Crippen molar-refractivity contribution in [3.05, 3.63) is 16.1 Å². The molecule has 6 nitrogen and oxygen atoms in total. The third-order valence-electron chi connectivity index (χ3n) is 4.95. The van der Waals surface area contributed by atoms with E-state index in [4.69, 9.17) is 9.47 Å². The van der Waals surface area contributed by atoms with Gasteiger partial charge in [0.05, 0.1) is 29.5 Å². The van der Waals surface area contributed by atoms with Crippen molar-refractivity contribution >= 4 is 17.2 Å². The monoisotopic (exact) mass is 353 g/mol. The normalized spacial score (nSPS) is 27.7. The van der Waals surface area contributed by atoms with Crippen LogP contribution in [0.3, 0.4) is 0 Å². The highest BCUT2D eigenvalue weighted by Gasteiger charge is 2.44. The van der Waals surface area contributed by atoms with Crippen LogP contribution in [0.2, 0.25) is 0 Å². The summed E-state index contributed by atoms with van der Waals surface area (Å²) in [6, 6.07) is 0. The molecule has 1 amide bonds. The van der Waals surface area contributed by atoms with E-state index in [9.17, 15) is 4.79 Å². The molecule has 7 heteroatoms. The van der Waals surface area contributed by atoms with Crippen molar-refractivity contribution in [3.8, 4) is 0 Å². The fourth-order valence-electron chi connectivity index (χ4n) is 3.52. The predicted octanol–water partition coefficient (Wildman–Crippen LogP) is 1.68. The van der Waals surface area contributed by atoms with Gasteiger partial charge in [-0.25, -0.2) is 4.98 Å². The van der Waals surface area contributed by atoms with Gasteiger partial charge in [-0.05, 0) is 26.3 Å². The molecule has 0 aromatic carbocycles. The molecule has 0 N–H and O–H groups in total. The van der Waals surface area contributed by atoms with Crippen LogP contribution in [0.1, 0.15) is 29.8 Å². The molecule has 0 unspecified atom stereocenters. The van der Waals surface area contributed by atoms with Crippen molar-refractivity contribution < 1.29 is 14.3 Å². The van der Waals surface area contributed by atoms with Gasteiger partial charge in [0.25, 0.3) is 0 Å². The van der Waals surface area contributed by atoms with E-state index in [1.54, 1.807) is 30.3 Å². The summed E-state index contributed by atoms with van der Waals surface area (Å²) < 4.78 is 11.9. The van der Waals surface area contributed by atoms with Crippen molar-refractivity contribution in [3.63, 3.8) is 0 Å². The molecule has 3 heterocycles. The standard InChI is InChI=1S/C17H27N3O3S/c1-13-15(24-12-18-13)8-20-6-4-5-17(11-20)7-14(9-23-17)22-10-16(21)19(2)3/h12,14H,4-11H2,1-3H3/t14-,17+/m1/s1. The fraction of sp³-hybridized carbons (Fsp3) is 0.765. The Hall–Kier alpha value is -1.02. The van der Waals surface area contributed by atoms with Gasteiger partial charge >= 0.3 is 0 Å². The molecule has 1 spiro atoms. The number of ether oxygens (including phenoxy) is 2. The molecule has 2 aliphatic rings. The lowest BCUT2D eigenvalue weighted by Crippen LogP contribution is -2.47. The molecule has 24 heavy (non-hydrogen) atoms. The molecule has 2 aliphatic heterocycles. The quantitative estimate of drug-likeness (QED) is 0.806. The Morgan fingerprint density at radius 2 is 2.42 bits per heavy atom. The van der Waals surface area contributed by atoms with Crippen molar-refractivity contribution in [2.75, 3.05) is 40.4 Å². The summed E-state index contributed by atoms with van der Waals surface area (Å²) in [6.45, 7) is 5.80. The van der Waals surface area contributed by atoms with Crippen LogP contribution in [0, 0.1) is 6.92 Å². The maximum Gasteiger partial charge on any atom is 0.248 e. The first kappa shape index (κ1) is 17.8. The Kier molecular flexibility index (Phi) is 5.54. The number of carbonyl (C=O) groups is 1. The molecule has 2 atom stereocenters. The second-order valence-electron chi connectivity index (χ2n) is 7.09. The second-order valence-corrected chi connectivity index (χ2v) is 8.03. The summed E-state index contributed by atoms with van der Waals surface area (Å²) in [5.74, 6) is 0.00175. The molecule has 0 saturated carbocycles. The molecule has 1 aromatic rings. The van der Waals surface area contributed by atoms with E-state index in [1.165, 1.54) is 4.88 Å². The Morgan fingerprint density at radius 3 is 3.12 bits per heavy atom. The predicted molar refractivity (Wildman–Crippen MR) is 93.1 cm³/mol. The van der Waals surface area contributed by atoms with E-state index in [-0.39, 0.29) is 24.2 Å². The summed E-state index contributed by atoms with van der Waals surface area (Å²) in [5, 5.41) is 0. The van der Waals surface area contributed by atoms with Crippen molar-refractivity contribution in [1.82, 2.24) is 14.8 Å². The van der Waals surface area contributed by atoms with Gasteiger partial charge in [-0.1, -0.05) is 0 Å². The summed E-state index contributed by atoms with van der Waals surface area (Å²) in [7, 11) is 3.50. The lowest BCUT2D eigenvalue weighted by atomic mass is 9.89. The summed E-state index contributed by atoms with van der Waals surface area (Å²) in [4.78, 5) is 21.4. The minimum Gasteiger partial charge on any atom is -0.371 e. The van der Waals surface area contributed by atoms with Gasteiger partial charge in [0.1, 0.15) is 6.61 Å². The van der Waals surface area contributed by atoms with Crippen molar-refractivity contribution in [1.29, 1.82) is 0 Å². The third-order valence-corrected chi connectivity index (χ3v) is 5.87. The van der Waals surface area contributed by atoms with Crippen molar-refractivity contribution in [2.24, 2.45) is 0 Å². The number of carbonyl (C=O) groups excluding carboxylic acids is 1. The molecule has 3 rings (SSSR count). The number of hydrogen-bond acceptors (Lipinski definition) is 6. The maximum absolute atomic E-state index is 11.7. The van der Waals surface area contributed by atoms with Crippen LogP contribution in [0.5, 0.6) is 0 Å². The average molecular weight is 353 g/mol. The van der Waals surface area contributed by atoms with Crippen LogP contribution < -0.4 is 0 Å². The zero-order chi connectivity index (χ0) is 17.2. The van der Waals surface area contributed by atoms with Gasteiger partial charge in [-0.2, -0.15) is 0 Å². The molecule has 0 aliphatic carbocycles. The van der Waals surface area contributed by atoms with Gasteiger partial charge in [-0.15, -0.1) is 11.3 Å². The summed E-state index contributed by atoms with van der Waals surface area (Å²) in [6.07, 6.45) is 3.12. The zero-order valence-corrected chi connectivity index (χ0v) is 15.6. The van der Waals surface area contributed by atoms with Gasteiger partial charge < -0.3 is 14.4 Å². The smallest absolute Gasteiger partial charge is 0.248 e. The highest BCUT2D eigenvalue weighted by molar-refractivity contribution is 7.09. The Morgan fingerprint density at radius 1 is 1.58 bits per heavy atom. The Bertz CT molecular complexity index is 577. The first-order valence-corrected chi connectivity index (χ1v) is 9.42. The van der Waals surface area contributed by atoms with Crippen LogP contribution in [0.15, 0.2) is 5.51 Å². The van der Waals surface area contributed by atoms with Crippen LogP contribution in [-0.2, 0) is 20.8 Å². The SMILES string of the molecule is Cc1ncsc1CN1CCC[C@]2(C[C@@H](OCC(=O)N(C)C)CO2)C1. The second kappa shape index (κ2) is 7.47. The Labute approximate surface area is 147 Å². The van der Waals surface area contributed by atoms with Gasteiger partial charge in [0, 0.05) is 38.5 Å². The Balaban J connectivity index is 1.52. The maximum atomic E-state index is 11.7. The van der Waals surface area contributed by atoms with Gasteiger partial charge in [0.15, 0.2) is 0 Å². The number of rotatable bonds is 5. The van der Waals surface area contributed by atoms with Crippen LogP contribution in [0.25, 0.3) is 0 Å². The number of piperidine rings is 1. The summed E-state index contributed by atoms with van der Waals surface area (Å²) >= 11 is 1.73. The molecular formula is C17H27N3O3S. The molecular weight excluding hydrogens is 326 g/mol. The third kappa shape index (κ3) is 4.14. The highest BCUT2D eigenvalue weighted by atomic mass is 32.1.